The first-order valence-corrected chi connectivity index (χ1v) is 8.53. The Hall–Kier alpha value is -2.47. The van der Waals surface area contributed by atoms with Gasteiger partial charge < -0.3 is 10.1 Å². The second kappa shape index (κ2) is 7.61. The molecule has 6 nitrogen and oxygen atoms in total. The Kier molecular flexibility index (Phi) is 5.28. The van der Waals surface area contributed by atoms with Gasteiger partial charge >= 0.3 is 0 Å². The summed E-state index contributed by atoms with van der Waals surface area (Å²) in [7, 11) is 0. The second-order valence-electron chi connectivity index (χ2n) is 6.08. The number of halogens is 1. The van der Waals surface area contributed by atoms with Gasteiger partial charge in [-0.2, -0.15) is 0 Å². The van der Waals surface area contributed by atoms with E-state index in [0.717, 1.165) is 24.0 Å². The number of rotatable bonds is 4. The number of hydrogen-bond donors (Lipinski definition) is 1. The van der Waals surface area contributed by atoms with Crippen molar-refractivity contribution < 1.29 is 9.53 Å². The smallest absolute Gasteiger partial charge is 0.258 e. The van der Waals surface area contributed by atoms with E-state index in [4.69, 9.17) is 16.3 Å². The van der Waals surface area contributed by atoms with E-state index >= 15 is 0 Å². The van der Waals surface area contributed by atoms with Crippen LogP contribution in [0.5, 0.6) is 0 Å². The van der Waals surface area contributed by atoms with E-state index in [1.165, 1.54) is 12.4 Å². The number of carbonyl (C=O) groups excluding carboxylic acids is 1. The standard InChI is InChI=1S/C18H19ClN4O2/c1-11(2)17-21-8-13(9-22-17)18(24)23-15-14(5-6-20-16(15)19)12-4-3-7-25-10-12/h5-6,8-11H,3-4,7H2,1-2H3,(H,23,24). The number of amides is 1. The summed E-state index contributed by atoms with van der Waals surface area (Å²) in [4.78, 5) is 25.1. The highest BCUT2D eigenvalue weighted by molar-refractivity contribution is 6.33. The predicted molar refractivity (Wildman–Crippen MR) is 96.5 cm³/mol. The number of carbonyl (C=O) groups is 1. The van der Waals surface area contributed by atoms with Crippen LogP contribution < -0.4 is 5.32 Å². The number of allylic oxidation sites excluding steroid dienone is 1. The molecule has 1 aliphatic heterocycles. The van der Waals surface area contributed by atoms with Gasteiger partial charge in [0.2, 0.25) is 0 Å². The molecule has 3 rings (SSSR count). The van der Waals surface area contributed by atoms with Crippen molar-refractivity contribution in [2.75, 3.05) is 11.9 Å². The quantitative estimate of drug-likeness (QED) is 0.834. The fourth-order valence-corrected chi connectivity index (χ4v) is 2.73. The van der Waals surface area contributed by atoms with Gasteiger partial charge in [0.1, 0.15) is 5.82 Å². The zero-order chi connectivity index (χ0) is 17.8. The Labute approximate surface area is 151 Å². The summed E-state index contributed by atoms with van der Waals surface area (Å²) >= 11 is 6.22. The van der Waals surface area contributed by atoms with Crippen molar-refractivity contribution in [1.82, 2.24) is 15.0 Å². The Morgan fingerprint density at radius 3 is 2.68 bits per heavy atom. The maximum Gasteiger partial charge on any atom is 0.258 e. The van der Waals surface area contributed by atoms with Crippen molar-refractivity contribution in [3.8, 4) is 0 Å². The average molecular weight is 359 g/mol. The van der Waals surface area contributed by atoms with Crippen LogP contribution in [-0.4, -0.2) is 27.5 Å². The van der Waals surface area contributed by atoms with Gasteiger partial charge in [-0.3, -0.25) is 4.79 Å². The van der Waals surface area contributed by atoms with Crippen LogP contribution in [0, 0.1) is 0 Å². The zero-order valence-corrected chi connectivity index (χ0v) is 14.9. The summed E-state index contributed by atoms with van der Waals surface area (Å²) in [5, 5.41) is 3.06. The minimum Gasteiger partial charge on any atom is -0.501 e. The Bertz CT molecular complexity index is 803. The lowest BCUT2D eigenvalue weighted by molar-refractivity contribution is 0.102. The summed E-state index contributed by atoms with van der Waals surface area (Å²) in [6, 6.07) is 1.82. The lowest BCUT2D eigenvalue weighted by Crippen LogP contribution is -2.15. The first kappa shape index (κ1) is 17.4. The normalized spacial score (nSPS) is 14.0. The molecule has 0 atom stereocenters. The molecule has 3 heterocycles. The van der Waals surface area contributed by atoms with Gasteiger partial charge in [-0.1, -0.05) is 25.4 Å². The lowest BCUT2D eigenvalue weighted by atomic mass is 10.0. The first-order valence-electron chi connectivity index (χ1n) is 8.15. The Balaban J connectivity index is 1.87. The van der Waals surface area contributed by atoms with Crippen LogP contribution in [0.2, 0.25) is 5.15 Å². The molecule has 0 aliphatic carbocycles. The van der Waals surface area contributed by atoms with Gasteiger partial charge in [0, 0.05) is 30.1 Å². The minimum absolute atomic E-state index is 0.203. The van der Waals surface area contributed by atoms with Gasteiger partial charge in [-0.25, -0.2) is 15.0 Å². The van der Waals surface area contributed by atoms with Crippen molar-refractivity contribution >= 4 is 28.8 Å². The van der Waals surface area contributed by atoms with Crippen molar-refractivity contribution in [2.45, 2.75) is 32.6 Å². The molecule has 1 amide bonds. The molecule has 0 aromatic carbocycles. The predicted octanol–water partition coefficient (Wildman–Crippen LogP) is 4.05. The lowest BCUT2D eigenvalue weighted by Gasteiger charge is -2.18. The van der Waals surface area contributed by atoms with Crippen molar-refractivity contribution in [3.63, 3.8) is 0 Å². The highest BCUT2D eigenvalue weighted by atomic mass is 35.5. The first-order chi connectivity index (χ1) is 12.1. The molecule has 1 aliphatic rings. The van der Waals surface area contributed by atoms with E-state index in [1.807, 2.05) is 19.9 Å². The third-order valence-corrected chi connectivity index (χ3v) is 4.16. The molecule has 25 heavy (non-hydrogen) atoms. The van der Waals surface area contributed by atoms with Gasteiger partial charge in [-0.05, 0) is 24.5 Å². The number of anilines is 1. The average Bonchev–Trinajstić information content (AvgIpc) is 2.64. The van der Waals surface area contributed by atoms with Crippen LogP contribution >= 0.6 is 11.6 Å². The monoisotopic (exact) mass is 358 g/mol. The number of nitrogens with one attached hydrogen (secondary N) is 1. The molecule has 2 aromatic heterocycles. The summed E-state index contributed by atoms with van der Waals surface area (Å²) in [6.07, 6.45) is 8.14. The molecular weight excluding hydrogens is 340 g/mol. The van der Waals surface area contributed by atoms with E-state index in [0.29, 0.717) is 23.7 Å². The third kappa shape index (κ3) is 3.96. The summed E-state index contributed by atoms with van der Waals surface area (Å²) < 4.78 is 5.40. The molecule has 7 heteroatoms. The molecular formula is C18H19ClN4O2. The largest absolute Gasteiger partial charge is 0.501 e. The van der Waals surface area contributed by atoms with Crippen LogP contribution in [-0.2, 0) is 4.74 Å². The SMILES string of the molecule is CC(C)c1ncc(C(=O)Nc2c(C3=COCCC3)ccnc2Cl)cn1. The topological polar surface area (TPSA) is 77.0 Å². The van der Waals surface area contributed by atoms with E-state index < -0.39 is 0 Å². The molecule has 0 saturated carbocycles. The van der Waals surface area contributed by atoms with E-state index in [-0.39, 0.29) is 17.0 Å². The van der Waals surface area contributed by atoms with Crippen molar-refractivity contribution in [2.24, 2.45) is 0 Å². The number of pyridine rings is 1. The number of ether oxygens (including phenoxy) is 1. The minimum atomic E-state index is -0.330. The molecule has 2 aromatic rings. The number of nitrogens with zero attached hydrogens (tertiary/aromatic N) is 3. The fourth-order valence-electron chi connectivity index (χ4n) is 2.52. The molecule has 0 unspecified atom stereocenters. The molecule has 0 radical (unpaired) electrons. The number of hydrogen-bond acceptors (Lipinski definition) is 5. The highest BCUT2D eigenvalue weighted by Gasteiger charge is 2.18. The molecule has 0 saturated heterocycles. The van der Waals surface area contributed by atoms with Gasteiger partial charge in [0.25, 0.3) is 5.91 Å². The third-order valence-electron chi connectivity index (χ3n) is 3.87. The van der Waals surface area contributed by atoms with Crippen LogP contribution in [0.4, 0.5) is 5.69 Å². The van der Waals surface area contributed by atoms with E-state index in [2.05, 4.69) is 20.3 Å². The van der Waals surface area contributed by atoms with Gasteiger partial charge in [0.15, 0.2) is 5.15 Å². The van der Waals surface area contributed by atoms with Crippen LogP contribution in [0.25, 0.3) is 5.57 Å². The van der Waals surface area contributed by atoms with Gasteiger partial charge in [-0.15, -0.1) is 0 Å². The molecule has 0 spiro atoms. The summed E-state index contributed by atoms with van der Waals surface area (Å²) in [5.41, 5.74) is 2.63. The maximum atomic E-state index is 12.6. The zero-order valence-electron chi connectivity index (χ0n) is 14.1. The molecule has 1 N–H and O–H groups in total. The van der Waals surface area contributed by atoms with Crippen molar-refractivity contribution in [3.05, 3.63) is 53.0 Å². The van der Waals surface area contributed by atoms with Gasteiger partial charge in [0.05, 0.1) is 24.1 Å². The Morgan fingerprint density at radius 1 is 1.28 bits per heavy atom. The van der Waals surface area contributed by atoms with E-state index in [9.17, 15) is 4.79 Å². The fraction of sp³-hybridized carbons (Fsp3) is 0.333. The molecule has 130 valence electrons. The summed E-state index contributed by atoms with van der Waals surface area (Å²) in [5.74, 6) is 0.569. The highest BCUT2D eigenvalue weighted by Crippen LogP contribution is 2.33. The van der Waals surface area contributed by atoms with E-state index in [1.54, 1.807) is 12.5 Å². The number of aromatic nitrogens is 3. The molecule has 0 bridgehead atoms. The van der Waals surface area contributed by atoms with Crippen LogP contribution in [0.3, 0.4) is 0 Å². The van der Waals surface area contributed by atoms with Crippen LogP contribution in [0.15, 0.2) is 30.9 Å². The van der Waals surface area contributed by atoms with Crippen LogP contribution in [0.1, 0.15) is 54.4 Å². The second-order valence-corrected chi connectivity index (χ2v) is 6.44. The van der Waals surface area contributed by atoms with Crippen molar-refractivity contribution in [1.29, 1.82) is 0 Å². The summed E-state index contributed by atoms with van der Waals surface area (Å²) in [6.45, 7) is 4.69. The molecule has 0 fully saturated rings. The Morgan fingerprint density at radius 2 is 2.04 bits per heavy atom. The maximum absolute atomic E-state index is 12.6.